The Bertz CT molecular complexity index is 1260. The molecule has 0 bridgehead atoms. The van der Waals surface area contributed by atoms with Gasteiger partial charge in [-0.05, 0) is 87.3 Å². The van der Waals surface area contributed by atoms with Crippen molar-refractivity contribution in [3.05, 3.63) is 69.3 Å². The first kappa shape index (κ1) is 31.4. The number of nitrogens with one attached hydrogen (secondary N) is 1. The van der Waals surface area contributed by atoms with Gasteiger partial charge >= 0.3 is 24.1 Å². The third-order valence-corrected chi connectivity index (χ3v) is 6.93. The zero-order valence-corrected chi connectivity index (χ0v) is 22.9. The van der Waals surface area contributed by atoms with Gasteiger partial charge in [-0.2, -0.15) is 26.3 Å². The maximum atomic E-state index is 14.7. The lowest BCUT2D eigenvalue weighted by molar-refractivity contribution is -0.348. The van der Waals surface area contributed by atoms with E-state index in [4.69, 9.17) is 4.74 Å². The van der Waals surface area contributed by atoms with Crippen LogP contribution >= 0.6 is 0 Å². The normalized spacial score (nSPS) is 16.4. The highest BCUT2D eigenvalue weighted by molar-refractivity contribution is 5.98. The van der Waals surface area contributed by atoms with Gasteiger partial charge < -0.3 is 10.1 Å². The summed E-state index contributed by atoms with van der Waals surface area (Å²) < 4.78 is 99.9. The number of fused-ring (bicyclic) bond motifs is 1. The van der Waals surface area contributed by atoms with Crippen molar-refractivity contribution in [1.82, 2.24) is 5.32 Å². The van der Waals surface area contributed by atoms with Crippen molar-refractivity contribution in [3.63, 3.8) is 0 Å². The van der Waals surface area contributed by atoms with Crippen LogP contribution in [0.15, 0.2) is 30.3 Å². The summed E-state index contributed by atoms with van der Waals surface area (Å²) in [6.07, 6.45) is -11.2. The summed E-state index contributed by atoms with van der Waals surface area (Å²) in [5, 5.41) is 2.84. The fourth-order valence-corrected chi connectivity index (χ4v) is 5.00. The summed E-state index contributed by atoms with van der Waals surface area (Å²) in [4.78, 5) is 25.5. The molecule has 1 N–H and O–H groups in total. The Kier molecular flexibility index (Phi) is 8.68. The molecule has 1 aliphatic carbocycles. The van der Waals surface area contributed by atoms with Crippen LogP contribution in [-0.4, -0.2) is 29.8 Å². The molecule has 0 heterocycles. The molecule has 3 rings (SSSR count). The number of Topliss-reactive ketones (excluding diaryl/α,β-unsaturated/α-hetero) is 1. The van der Waals surface area contributed by atoms with Crippen molar-refractivity contribution in [2.24, 2.45) is 0 Å². The smallest absolute Gasteiger partial charge is 0.435 e. The van der Waals surface area contributed by atoms with Crippen molar-refractivity contribution in [3.8, 4) is 0 Å². The zero-order chi connectivity index (χ0) is 30.3. The third kappa shape index (κ3) is 6.44. The van der Waals surface area contributed by atoms with E-state index >= 15 is 0 Å². The molecule has 0 fully saturated rings. The van der Waals surface area contributed by atoms with Crippen molar-refractivity contribution in [1.29, 1.82) is 0 Å². The van der Waals surface area contributed by atoms with Gasteiger partial charge in [-0.25, -0.2) is 9.18 Å². The van der Waals surface area contributed by atoms with Crippen LogP contribution in [0.1, 0.15) is 90.3 Å². The average Bonchev–Trinajstić information content (AvgIpc) is 2.81. The second-order valence-corrected chi connectivity index (χ2v) is 11.0. The SMILES string of the molecule is CCc1cc(C(F)(C(F)(F)F)C(F)(F)F)cc(C)c1CC(=O)c1ccc2c(c1)CCCC2NC(=O)OC(C)(C)C. The molecule has 0 spiro atoms. The Balaban J connectivity index is 1.89. The molecule has 220 valence electrons. The molecule has 4 nitrogen and oxygen atoms in total. The van der Waals surface area contributed by atoms with E-state index in [1.807, 2.05) is 0 Å². The first-order valence-corrected chi connectivity index (χ1v) is 12.9. The minimum absolute atomic E-state index is 0.00864. The fraction of sp³-hybridized carbons (Fsp3) is 0.517. The maximum Gasteiger partial charge on any atom is 0.435 e. The van der Waals surface area contributed by atoms with Crippen molar-refractivity contribution >= 4 is 11.9 Å². The van der Waals surface area contributed by atoms with Crippen LogP contribution < -0.4 is 5.32 Å². The molecular weight excluding hydrogens is 543 g/mol. The van der Waals surface area contributed by atoms with E-state index in [1.54, 1.807) is 39.0 Å². The summed E-state index contributed by atoms with van der Waals surface area (Å²) in [7, 11) is 0. The molecule has 0 saturated heterocycles. The topological polar surface area (TPSA) is 55.4 Å². The van der Waals surface area contributed by atoms with Gasteiger partial charge in [-0.15, -0.1) is 0 Å². The number of benzene rings is 2. The minimum Gasteiger partial charge on any atom is -0.444 e. The lowest BCUT2D eigenvalue weighted by Gasteiger charge is -2.31. The van der Waals surface area contributed by atoms with E-state index < -0.39 is 41.1 Å². The number of ether oxygens (including phenoxy) is 1. The molecule has 2 aromatic rings. The van der Waals surface area contributed by atoms with Crippen LogP contribution in [0.3, 0.4) is 0 Å². The van der Waals surface area contributed by atoms with Gasteiger partial charge in [-0.1, -0.05) is 31.2 Å². The van der Waals surface area contributed by atoms with Crippen molar-refractivity contribution in [2.75, 3.05) is 0 Å². The van der Waals surface area contributed by atoms with Crippen LogP contribution in [0.25, 0.3) is 0 Å². The summed E-state index contributed by atoms with van der Waals surface area (Å²) in [5.41, 5.74) is -5.54. The van der Waals surface area contributed by atoms with E-state index in [0.29, 0.717) is 30.5 Å². The Morgan fingerprint density at radius 2 is 1.60 bits per heavy atom. The molecule has 1 atom stereocenters. The third-order valence-electron chi connectivity index (χ3n) is 6.93. The predicted molar refractivity (Wildman–Crippen MR) is 135 cm³/mol. The number of alkyl carbamates (subject to hydrolysis) is 1. The summed E-state index contributed by atoms with van der Waals surface area (Å²) in [6.45, 7) is 8.01. The number of ketones is 1. The van der Waals surface area contributed by atoms with Crippen LogP contribution in [-0.2, 0) is 29.7 Å². The molecule has 1 unspecified atom stereocenters. The van der Waals surface area contributed by atoms with E-state index in [0.717, 1.165) is 17.5 Å². The highest BCUT2D eigenvalue weighted by Crippen LogP contribution is 2.53. The summed E-state index contributed by atoms with van der Waals surface area (Å²) in [6, 6.07) is 5.75. The second-order valence-electron chi connectivity index (χ2n) is 11.0. The van der Waals surface area contributed by atoms with Gasteiger partial charge in [0.1, 0.15) is 5.60 Å². The standard InChI is InChI=1S/C29H32F7NO3/c1-6-17-14-20(27(30,28(31,32)33)29(34,35)36)12-16(2)22(17)15-24(38)19-10-11-21-18(13-19)8-7-9-23(21)37-25(39)40-26(3,4)5/h10-14,23H,6-9,15H2,1-5H3,(H,37,39). The number of alkyl halides is 7. The molecule has 0 saturated carbocycles. The van der Waals surface area contributed by atoms with Crippen molar-refractivity contribution < 1.29 is 45.1 Å². The molecule has 1 amide bonds. The average molecular weight is 576 g/mol. The number of carbonyl (C=O) groups excluding carboxylic acids is 2. The Morgan fingerprint density at radius 3 is 2.15 bits per heavy atom. The predicted octanol–water partition coefficient (Wildman–Crippen LogP) is 8.17. The first-order chi connectivity index (χ1) is 18.3. The molecule has 0 aromatic heterocycles. The van der Waals surface area contributed by atoms with Crippen molar-refractivity contribution in [2.45, 2.75) is 96.4 Å². The Hall–Kier alpha value is -3.11. The number of amides is 1. The Labute approximate surface area is 228 Å². The number of carbonyl (C=O) groups is 2. The molecule has 0 aliphatic heterocycles. The van der Waals surface area contributed by atoms with E-state index in [-0.39, 0.29) is 35.6 Å². The largest absolute Gasteiger partial charge is 0.444 e. The number of halogens is 7. The van der Waals surface area contributed by atoms with Gasteiger partial charge in [0.15, 0.2) is 5.78 Å². The van der Waals surface area contributed by atoms with Crippen LogP contribution in [0, 0.1) is 6.92 Å². The Morgan fingerprint density at radius 1 is 0.975 bits per heavy atom. The lowest BCUT2D eigenvalue weighted by Crippen LogP contribution is -2.50. The molecule has 0 radical (unpaired) electrons. The minimum atomic E-state index is -6.22. The summed E-state index contributed by atoms with van der Waals surface area (Å²) >= 11 is 0. The van der Waals surface area contributed by atoms with E-state index in [1.165, 1.54) is 13.8 Å². The highest BCUT2D eigenvalue weighted by Gasteiger charge is 2.73. The quantitative estimate of drug-likeness (QED) is 0.279. The number of rotatable bonds is 6. The van der Waals surface area contributed by atoms with Crippen LogP contribution in [0.5, 0.6) is 0 Å². The van der Waals surface area contributed by atoms with E-state index in [2.05, 4.69) is 5.32 Å². The number of hydrogen-bond acceptors (Lipinski definition) is 3. The molecule has 1 aliphatic rings. The number of aryl methyl sites for hydroxylation is 3. The van der Waals surface area contributed by atoms with Gasteiger partial charge in [-0.3, -0.25) is 4.79 Å². The zero-order valence-electron chi connectivity index (χ0n) is 22.9. The van der Waals surface area contributed by atoms with Crippen LogP contribution in [0.2, 0.25) is 0 Å². The fourth-order valence-electron chi connectivity index (χ4n) is 5.00. The lowest BCUT2D eigenvalue weighted by atomic mass is 9.84. The first-order valence-electron chi connectivity index (χ1n) is 12.9. The van der Waals surface area contributed by atoms with Crippen LogP contribution in [0.4, 0.5) is 35.5 Å². The molecule has 2 aromatic carbocycles. The monoisotopic (exact) mass is 575 g/mol. The molecule has 40 heavy (non-hydrogen) atoms. The van der Waals surface area contributed by atoms with Gasteiger partial charge in [0, 0.05) is 17.5 Å². The number of hydrogen-bond donors (Lipinski definition) is 1. The molecule has 11 heteroatoms. The summed E-state index contributed by atoms with van der Waals surface area (Å²) in [5.74, 6) is -0.395. The van der Waals surface area contributed by atoms with Gasteiger partial charge in [0.05, 0.1) is 6.04 Å². The highest BCUT2D eigenvalue weighted by atomic mass is 19.4. The second kappa shape index (κ2) is 11.0. The molecular formula is C29H32F7NO3. The van der Waals surface area contributed by atoms with Gasteiger partial charge in [0.2, 0.25) is 0 Å². The van der Waals surface area contributed by atoms with Gasteiger partial charge in [0.25, 0.3) is 0 Å². The van der Waals surface area contributed by atoms with E-state index in [9.17, 15) is 40.3 Å². The maximum absolute atomic E-state index is 14.7.